The van der Waals surface area contributed by atoms with Crippen molar-refractivity contribution in [1.82, 2.24) is 4.90 Å². The number of likely N-dealkylation sites (tertiary alicyclic amines) is 1. The van der Waals surface area contributed by atoms with Gasteiger partial charge in [-0.1, -0.05) is 19.6 Å². The van der Waals surface area contributed by atoms with Crippen LogP contribution in [0.2, 0.25) is 0 Å². The number of hydrogen-bond acceptors (Lipinski definition) is 2. The minimum atomic E-state index is 0.496. The van der Waals surface area contributed by atoms with Gasteiger partial charge in [-0.2, -0.15) is 0 Å². The molecule has 1 heterocycles. The van der Waals surface area contributed by atoms with E-state index in [0.29, 0.717) is 5.92 Å². The Morgan fingerprint density at radius 3 is 2.62 bits per heavy atom. The fourth-order valence-corrected chi connectivity index (χ4v) is 1.92. The van der Waals surface area contributed by atoms with Crippen LogP contribution in [0.4, 0.5) is 0 Å². The van der Waals surface area contributed by atoms with E-state index in [1.807, 2.05) is 6.20 Å². The topological polar surface area (TPSA) is 41.6 Å². The summed E-state index contributed by atoms with van der Waals surface area (Å²) in [5.74, 6) is 1.60. The summed E-state index contributed by atoms with van der Waals surface area (Å²) in [5.41, 5.74) is 6.57. The molecule has 16 heavy (non-hydrogen) atoms. The molecule has 1 aliphatic rings. The van der Waals surface area contributed by atoms with E-state index in [1.165, 1.54) is 0 Å². The van der Waals surface area contributed by atoms with Gasteiger partial charge in [0.1, 0.15) is 5.84 Å². The molecule has 0 atom stereocenters. The Hall–Kier alpha value is -1.25. The van der Waals surface area contributed by atoms with Gasteiger partial charge in [-0.05, 0) is 26.2 Å². The summed E-state index contributed by atoms with van der Waals surface area (Å²) >= 11 is 0. The van der Waals surface area contributed by atoms with Crippen LogP contribution in [0, 0.1) is 5.92 Å². The van der Waals surface area contributed by atoms with E-state index in [-0.39, 0.29) is 0 Å². The fourth-order valence-electron chi connectivity index (χ4n) is 1.92. The number of amidine groups is 1. The van der Waals surface area contributed by atoms with Crippen LogP contribution in [0.5, 0.6) is 0 Å². The number of aliphatic imine (C=N–C) groups is 1. The quantitative estimate of drug-likeness (QED) is 0.587. The first-order valence-electron chi connectivity index (χ1n) is 6.03. The van der Waals surface area contributed by atoms with Crippen molar-refractivity contribution in [2.75, 3.05) is 13.1 Å². The highest BCUT2D eigenvalue weighted by atomic mass is 15.2. The summed E-state index contributed by atoms with van der Waals surface area (Å²) in [4.78, 5) is 6.73. The molecule has 0 saturated carbocycles. The summed E-state index contributed by atoms with van der Waals surface area (Å²) in [6.07, 6.45) is 7.19. The molecule has 0 spiro atoms. The van der Waals surface area contributed by atoms with Crippen molar-refractivity contribution in [3.05, 3.63) is 24.6 Å². The van der Waals surface area contributed by atoms with Crippen LogP contribution in [-0.2, 0) is 0 Å². The second kappa shape index (κ2) is 6.36. The number of hydrogen-bond donors (Lipinski definition) is 1. The van der Waals surface area contributed by atoms with Gasteiger partial charge in [-0.15, -0.1) is 0 Å². The van der Waals surface area contributed by atoms with Gasteiger partial charge in [0.2, 0.25) is 0 Å². The lowest BCUT2D eigenvalue weighted by Crippen LogP contribution is -2.38. The molecule has 90 valence electrons. The van der Waals surface area contributed by atoms with Crippen molar-refractivity contribution in [1.29, 1.82) is 0 Å². The maximum atomic E-state index is 5.73. The van der Waals surface area contributed by atoms with Crippen molar-refractivity contribution in [2.24, 2.45) is 16.6 Å². The van der Waals surface area contributed by atoms with Crippen LogP contribution in [0.1, 0.15) is 33.1 Å². The average Bonchev–Trinajstić information content (AvgIpc) is 2.29. The molecule has 3 heteroatoms. The van der Waals surface area contributed by atoms with Gasteiger partial charge in [-0.3, -0.25) is 0 Å². The van der Waals surface area contributed by atoms with E-state index in [2.05, 4.69) is 36.4 Å². The van der Waals surface area contributed by atoms with Gasteiger partial charge in [0.15, 0.2) is 0 Å². The minimum absolute atomic E-state index is 0.496. The molecule has 0 unspecified atom stereocenters. The molecule has 0 aromatic carbocycles. The third-order valence-electron chi connectivity index (χ3n) is 3.08. The number of rotatable bonds is 3. The second-order valence-electron chi connectivity index (χ2n) is 4.31. The Labute approximate surface area is 98.7 Å². The van der Waals surface area contributed by atoms with E-state index in [0.717, 1.165) is 43.9 Å². The molecule has 2 N–H and O–H groups in total. The number of nitrogens with two attached hydrogens (primary N) is 1. The molecule has 0 aromatic heterocycles. The predicted molar refractivity (Wildman–Crippen MR) is 70.2 cm³/mol. The largest absolute Gasteiger partial charge is 0.402 e. The van der Waals surface area contributed by atoms with E-state index in [1.54, 1.807) is 0 Å². The van der Waals surface area contributed by atoms with Crippen LogP contribution in [0.25, 0.3) is 0 Å². The second-order valence-corrected chi connectivity index (χ2v) is 4.31. The highest BCUT2D eigenvalue weighted by Crippen LogP contribution is 2.20. The Morgan fingerprint density at radius 2 is 2.12 bits per heavy atom. The van der Waals surface area contributed by atoms with Crippen molar-refractivity contribution >= 4 is 5.84 Å². The normalized spacial score (nSPS) is 19.4. The van der Waals surface area contributed by atoms with E-state index >= 15 is 0 Å². The Kier molecular flexibility index (Phi) is 5.09. The maximum absolute atomic E-state index is 5.73. The average molecular weight is 221 g/mol. The zero-order valence-corrected chi connectivity index (χ0v) is 10.4. The van der Waals surface area contributed by atoms with Crippen molar-refractivity contribution < 1.29 is 0 Å². The molecule has 0 aliphatic carbocycles. The summed E-state index contributed by atoms with van der Waals surface area (Å²) in [6.45, 7) is 10.1. The van der Waals surface area contributed by atoms with Crippen LogP contribution in [0.3, 0.4) is 0 Å². The molecule has 3 nitrogen and oxygen atoms in total. The third kappa shape index (κ3) is 3.72. The summed E-state index contributed by atoms with van der Waals surface area (Å²) in [5, 5.41) is 0. The van der Waals surface area contributed by atoms with Crippen molar-refractivity contribution in [3.63, 3.8) is 0 Å². The maximum Gasteiger partial charge on any atom is 0.101 e. The molecule has 1 rings (SSSR count). The lowest BCUT2D eigenvalue weighted by atomic mass is 9.94. The molecule has 0 aromatic rings. The monoisotopic (exact) mass is 221 g/mol. The van der Waals surface area contributed by atoms with E-state index in [4.69, 9.17) is 5.73 Å². The smallest absolute Gasteiger partial charge is 0.101 e. The standard InChI is InChI=1S/C13H23N3/c1-4-5-8-15-12(3)16-9-6-13(7-10-16)11(2)14/h5,8,13H,2,4,6-7,9-10,14H2,1,3H3/b8-5-,15-12+. The molecule has 0 amide bonds. The number of allylic oxidation sites excluding steroid dienone is 2. The van der Waals surface area contributed by atoms with Crippen LogP contribution in [0.15, 0.2) is 29.5 Å². The summed E-state index contributed by atoms with van der Waals surface area (Å²) in [6, 6.07) is 0. The first-order valence-corrected chi connectivity index (χ1v) is 6.03. The number of piperidine rings is 1. The Morgan fingerprint density at radius 1 is 1.50 bits per heavy atom. The van der Waals surface area contributed by atoms with Crippen LogP contribution < -0.4 is 5.73 Å². The molecule has 0 radical (unpaired) electrons. The zero-order valence-electron chi connectivity index (χ0n) is 10.4. The molecule has 1 fully saturated rings. The zero-order chi connectivity index (χ0) is 12.0. The molecule has 0 bridgehead atoms. The predicted octanol–water partition coefficient (Wildman–Crippen LogP) is 2.51. The number of nitrogens with zero attached hydrogens (tertiary/aromatic N) is 2. The highest BCUT2D eigenvalue weighted by Gasteiger charge is 2.20. The first-order chi connectivity index (χ1) is 7.65. The summed E-state index contributed by atoms with van der Waals surface area (Å²) in [7, 11) is 0. The first kappa shape index (κ1) is 12.8. The fraction of sp³-hybridized carbons (Fsp3) is 0.615. The van der Waals surface area contributed by atoms with Crippen LogP contribution >= 0.6 is 0 Å². The van der Waals surface area contributed by atoms with E-state index in [9.17, 15) is 0 Å². The SMILES string of the molecule is C=C(N)C1CCN(/C(C)=N/C=C\CC)CC1. The Bertz CT molecular complexity index is 284. The molecule has 1 saturated heterocycles. The highest BCUT2D eigenvalue weighted by molar-refractivity contribution is 5.80. The molecular formula is C13H23N3. The summed E-state index contributed by atoms with van der Waals surface area (Å²) < 4.78 is 0. The van der Waals surface area contributed by atoms with Gasteiger partial charge in [0.25, 0.3) is 0 Å². The lowest BCUT2D eigenvalue weighted by molar-refractivity contribution is 0.288. The van der Waals surface area contributed by atoms with Gasteiger partial charge in [0.05, 0.1) is 0 Å². The Balaban J connectivity index is 2.44. The molecular weight excluding hydrogens is 198 g/mol. The van der Waals surface area contributed by atoms with Crippen molar-refractivity contribution in [2.45, 2.75) is 33.1 Å². The van der Waals surface area contributed by atoms with Crippen molar-refractivity contribution in [3.8, 4) is 0 Å². The third-order valence-corrected chi connectivity index (χ3v) is 3.08. The van der Waals surface area contributed by atoms with Crippen LogP contribution in [-0.4, -0.2) is 23.8 Å². The van der Waals surface area contributed by atoms with Gasteiger partial charge >= 0.3 is 0 Å². The minimum Gasteiger partial charge on any atom is -0.402 e. The van der Waals surface area contributed by atoms with E-state index < -0.39 is 0 Å². The lowest BCUT2D eigenvalue weighted by Gasteiger charge is -2.33. The van der Waals surface area contributed by atoms with Gasteiger partial charge in [-0.25, -0.2) is 4.99 Å². The molecule has 1 aliphatic heterocycles. The van der Waals surface area contributed by atoms with Gasteiger partial charge in [0, 0.05) is 30.9 Å². The van der Waals surface area contributed by atoms with Gasteiger partial charge < -0.3 is 10.6 Å².